The first kappa shape index (κ1) is 14.0. The highest BCUT2D eigenvalue weighted by Crippen LogP contribution is 2.02. The van der Waals surface area contributed by atoms with Gasteiger partial charge in [0.15, 0.2) is 0 Å². The number of nitrogens with one attached hydrogen (secondary N) is 2. The van der Waals surface area contributed by atoms with Crippen molar-refractivity contribution in [2.75, 3.05) is 6.54 Å². The fraction of sp³-hybridized carbons (Fsp3) is 0.267. The smallest absolute Gasteiger partial charge is 0.267 e. The number of amides is 2. The average molecular weight is 271 g/mol. The van der Waals surface area contributed by atoms with Gasteiger partial charge in [0.05, 0.1) is 0 Å². The molecule has 0 radical (unpaired) electrons. The molecule has 104 valence electrons. The van der Waals surface area contributed by atoms with Crippen LogP contribution in [-0.2, 0) is 9.59 Å². The van der Waals surface area contributed by atoms with Crippen molar-refractivity contribution in [2.45, 2.75) is 19.3 Å². The van der Waals surface area contributed by atoms with Gasteiger partial charge in [-0.2, -0.15) is 5.10 Å². The fourth-order valence-electron chi connectivity index (χ4n) is 1.79. The van der Waals surface area contributed by atoms with E-state index in [2.05, 4.69) is 15.8 Å². The molecule has 0 atom stereocenters. The Morgan fingerprint density at radius 2 is 2.10 bits per heavy atom. The van der Waals surface area contributed by atoms with E-state index in [0.29, 0.717) is 25.1 Å². The lowest BCUT2D eigenvalue weighted by atomic mass is 10.1. The van der Waals surface area contributed by atoms with Crippen LogP contribution in [0.3, 0.4) is 0 Å². The van der Waals surface area contributed by atoms with Gasteiger partial charge in [-0.15, -0.1) is 0 Å². The maximum atomic E-state index is 11.7. The SMILES string of the molecule is O=C1CCC(C(=O)NCC/C=C/c2ccccc2)=NN1. The first-order chi connectivity index (χ1) is 9.75. The summed E-state index contributed by atoms with van der Waals surface area (Å²) in [6.45, 7) is 0.551. The van der Waals surface area contributed by atoms with E-state index in [1.54, 1.807) is 0 Å². The molecule has 0 fully saturated rings. The quantitative estimate of drug-likeness (QED) is 0.796. The molecular formula is C15H17N3O2. The molecule has 1 heterocycles. The summed E-state index contributed by atoms with van der Waals surface area (Å²) < 4.78 is 0. The van der Waals surface area contributed by atoms with Crippen LogP contribution in [0.4, 0.5) is 0 Å². The predicted molar refractivity (Wildman–Crippen MR) is 77.9 cm³/mol. The first-order valence-electron chi connectivity index (χ1n) is 6.61. The number of hydrazone groups is 1. The Hall–Kier alpha value is -2.43. The van der Waals surface area contributed by atoms with E-state index >= 15 is 0 Å². The molecule has 1 aliphatic heterocycles. The molecule has 5 heteroatoms. The fourth-order valence-corrected chi connectivity index (χ4v) is 1.79. The summed E-state index contributed by atoms with van der Waals surface area (Å²) in [7, 11) is 0. The highest BCUT2D eigenvalue weighted by Gasteiger charge is 2.17. The van der Waals surface area contributed by atoms with Crippen LogP contribution in [0.25, 0.3) is 6.08 Å². The number of benzene rings is 1. The average Bonchev–Trinajstić information content (AvgIpc) is 2.48. The molecule has 0 saturated heterocycles. The van der Waals surface area contributed by atoms with Crippen LogP contribution in [0.1, 0.15) is 24.8 Å². The minimum absolute atomic E-state index is 0.146. The molecule has 20 heavy (non-hydrogen) atoms. The minimum Gasteiger partial charge on any atom is -0.351 e. The molecule has 2 rings (SSSR count). The molecule has 0 aliphatic carbocycles. The van der Waals surface area contributed by atoms with E-state index in [1.807, 2.05) is 42.5 Å². The van der Waals surface area contributed by atoms with Crippen LogP contribution in [-0.4, -0.2) is 24.1 Å². The molecule has 2 amide bonds. The summed E-state index contributed by atoms with van der Waals surface area (Å²) >= 11 is 0. The molecule has 1 aromatic carbocycles. The van der Waals surface area contributed by atoms with E-state index in [0.717, 1.165) is 12.0 Å². The number of hydrogen-bond acceptors (Lipinski definition) is 3. The van der Waals surface area contributed by atoms with E-state index in [9.17, 15) is 9.59 Å². The van der Waals surface area contributed by atoms with Gasteiger partial charge in [0.2, 0.25) is 5.91 Å². The van der Waals surface area contributed by atoms with Crippen molar-refractivity contribution in [1.29, 1.82) is 0 Å². The van der Waals surface area contributed by atoms with Crippen LogP contribution in [0.5, 0.6) is 0 Å². The summed E-state index contributed by atoms with van der Waals surface area (Å²) in [5, 5.41) is 6.53. The van der Waals surface area contributed by atoms with Gasteiger partial charge in [-0.3, -0.25) is 9.59 Å². The van der Waals surface area contributed by atoms with Crippen molar-refractivity contribution >= 4 is 23.6 Å². The van der Waals surface area contributed by atoms with E-state index in [1.165, 1.54) is 0 Å². The third-order valence-corrected chi connectivity index (χ3v) is 2.87. The van der Waals surface area contributed by atoms with Gasteiger partial charge in [-0.25, -0.2) is 5.43 Å². The van der Waals surface area contributed by atoms with Gasteiger partial charge in [0.1, 0.15) is 5.71 Å². The Labute approximate surface area is 117 Å². The first-order valence-corrected chi connectivity index (χ1v) is 6.61. The van der Waals surface area contributed by atoms with Crippen LogP contribution in [0.2, 0.25) is 0 Å². The van der Waals surface area contributed by atoms with Crippen LogP contribution < -0.4 is 10.7 Å². The Bertz CT molecular complexity index is 535. The van der Waals surface area contributed by atoms with Crippen molar-refractivity contribution in [3.63, 3.8) is 0 Å². The summed E-state index contributed by atoms with van der Waals surface area (Å²) in [5.74, 6) is -0.356. The topological polar surface area (TPSA) is 70.6 Å². The second-order valence-corrected chi connectivity index (χ2v) is 4.45. The minimum atomic E-state index is -0.210. The molecule has 0 bridgehead atoms. The number of rotatable bonds is 5. The van der Waals surface area contributed by atoms with E-state index < -0.39 is 0 Å². The lowest BCUT2D eigenvalue weighted by Gasteiger charge is -2.11. The van der Waals surface area contributed by atoms with Gasteiger partial charge in [-0.05, 0) is 12.0 Å². The van der Waals surface area contributed by atoms with Crippen LogP contribution in [0, 0.1) is 0 Å². The Morgan fingerprint density at radius 3 is 2.80 bits per heavy atom. The number of hydrogen-bond donors (Lipinski definition) is 2. The zero-order chi connectivity index (χ0) is 14.2. The van der Waals surface area contributed by atoms with Gasteiger partial charge in [0, 0.05) is 19.4 Å². The molecular weight excluding hydrogens is 254 g/mol. The molecule has 1 aromatic rings. The third-order valence-electron chi connectivity index (χ3n) is 2.87. The Morgan fingerprint density at radius 1 is 1.30 bits per heavy atom. The summed E-state index contributed by atoms with van der Waals surface area (Å²) in [4.78, 5) is 22.6. The van der Waals surface area contributed by atoms with Crippen molar-refractivity contribution in [3.8, 4) is 0 Å². The van der Waals surface area contributed by atoms with Crippen molar-refractivity contribution in [3.05, 3.63) is 42.0 Å². The van der Waals surface area contributed by atoms with Gasteiger partial charge in [0.25, 0.3) is 5.91 Å². The van der Waals surface area contributed by atoms with Gasteiger partial charge < -0.3 is 5.32 Å². The predicted octanol–water partition coefficient (Wildman–Crippen LogP) is 1.47. The number of nitrogens with zero attached hydrogens (tertiary/aromatic N) is 1. The molecule has 0 unspecified atom stereocenters. The van der Waals surface area contributed by atoms with E-state index in [4.69, 9.17) is 0 Å². The van der Waals surface area contributed by atoms with Gasteiger partial charge >= 0.3 is 0 Å². The lowest BCUT2D eigenvalue weighted by Crippen LogP contribution is -2.37. The summed E-state index contributed by atoms with van der Waals surface area (Å²) in [5.41, 5.74) is 3.83. The monoisotopic (exact) mass is 271 g/mol. The molecule has 5 nitrogen and oxygen atoms in total. The maximum absolute atomic E-state index is 11.7. The van der Waals surface area contributed by atoms with E-state index in [-0.39, 0.29) is 11.8 Å². The normalized spacial score (nSPS) is 14.8. The molecule has 0 saturated carbocycles. The number of carbonyl (C=O) groups is 2. The molecule has 0 aromatic heterocycles. The highest BCUT2D eigenvalue weighted by molar-refractivity contribution is 6.39. The second kappa shape index (κ2) is 7.23. The van der Waals surface area contributed by atoms with Crippen molar-refractivity contribution < 1.29 is 9.59 Å². The van der Waals surface area contributed by atoms with Crippen molar-refractivity contribution in [1.82, 2.24) is 10.7 Å². The van der Waals surface area contributed by atoms with Crippen molar-refractivity contribution in [2.24, 2.45) is 5.10 Å². The Kier molecular flexibility index (Phi) is 5.06. The lowest BCUT2D eigenvalue weighted by molar-refractivity contribution is -0.121. The molecule has 2 N–H and O–H groups in total. The summed E-state index contributed by atoms with van der Waals surface area (Å²) in [6.07, 6.45) is 5.50. The Balaban J connectivity index is 1.70. The third kappa shape index (κ3) is 4.35. The second-order valence-electron chi connectivity index (χ2n) is 4.45. The highest BCUT2D eigenvalue weighted by atomic mass is 16.2. The number of carbonyl (C=O) groups excluding carboxylic acids is 2. The molecule has 1 aliphatic rings. The zero-order valence-corrected chi connectivity index (χ0v) is 11.1. The zero-order valence-electron chi connectivity index (χ0n) is 11.1. The standard InChI is InChI=1S/C15H17N3O2/c19-14-10-9-13(17-18-14)15(20)16-11-5-4-8-12-6-2-1-3-7-12/h1-4,6-8H,5,9-11H2,(H,16,20)(H,18,19)/b8-4+. The van der Waals surface area contributed by atoms with Crippen LogP contribution in [0.15, 0.2) is 41.5 Å². The molecule has 0 spiro atoms. The summed E-state index contributed by atoms with van der Waals surface area (Å²) in [6, 6.07) is 9.98. The largest absolute Gasteiger partial charge is 0.351 e. The van der Waals surface area contributed by atoms with Crippen LogP contribution >= 0.6 is 0 Å². The van der Waals surface area contributed by atoms with Gasteiger partial charge in [-0.1, -0.05) is 42.5 Å². The maximum Gasteiger partial charge on any atom is 0.267 e.